The molecule has 2 aliphatic heterocycles. The molecular weight excluding hydrogens is 282 g/mol. The third kappa shape index (κ3) is 1.52. The van der Waals surface area contributed by atoms with Gasteiger partial charge in [0.05, 0.1) is 18.1 Å². The second-order valence-electron chi connectivity index (χ2n) is 6.33. The van der Waals surface area contributed by atoms with Crippen molar-refractivity contribution in [3.8, 4) is 0 Å². The zero-order valence-corrected chi connectivity index (χ0v) is 12.2. The number of aliphatic carboxylic acids is 1. The number of hydrogen-bond acceptors (Lipinski definition) is 3. The summed E-state index contributed by atoms with van der Waals surface area (Å²) in [6.07, 6.45) is 0.948. The summed E-state index contributed by atoms with van der Waals surface area (Å²) in [7, 11) is 0. The fourth-order valence-electron chi connectivity index (χ4n) is 4.36. The van der Waals surface area contributed by atoms with Crippen molar-refractivity contribution in [3.63, 3.8) is 0 Å². The van der Waals surface area contributed by atoms with Crippen LogP contribution < -0.4 is 0 Å². The number of carbonyl (C=O) groups is 2. The maximum absolute atomic E-state index is 12.3. The fraction of sp³-hybridized carbons (Fsp3) is 0.412. The van der Waals surface area contributed by atoms with E-state index in [4.69, 9.17) is 0 Å². The first-order chi connectivity index (χ1) is 10.5. The molecule has 1 fully saturated rings. The zero-order valence-electron chi connectivity index (χ0n) is 12.2. The largest absolute Gasteiger partial charge is 0.477 e. The highest BCUT2D eigenvalue weighted by Gasteiger charge is 2.61. The third-order valence-electron chi connectivity index (χ3n) is 5.22. The van der Waals surface area contributed by atoms with Crippen molar-refractivity contribution in [1.29, 1.82) is 0 Å². The number of aryl methyl sites for hydroxylation is 1. The molecule has 1 aromatic rings. The van der Waals surface area contributed by atoms with Crippen LogP contribution in [-0.2, 0) is 16.0 Å². The standard InChI is InChI=1S/C17H17NO4/c1-8(19)12-14-11-7-6-9-4-2-3-5-10(9)13(11)15(17(21)22)18(14)16(12)20/h2-5,8,11-12,14,19H,6-7H2,1H3,(H,21,22)/t8-,11+,12-,14?/m1/s1. The van der Waals surface area contributed by atoms with Crippen molar-refractivity contribution in [2.45, 2.75) is 31.9 Å². The molecule has 114 valence electrons. The molecule has 2 heterocycles. The number of fused-ring (bicyclic) bond motifs is 5. The van der Waals surface area contributed by atoms with Crippen LogP contribution in [0.1, 0.15) is 24.5 Å². The summed E-state index contributed by atoms with van der Waals surface area (Å²) in [5, 5.41) is 19.5. The number of nitrogens with zero attached hydrogens (tertiary/aromatic N) is 1. The molecule has 22 heavy (non-hydrogen) atoms. The Morgan fingerprint density at radius 1 is 1.36 bits per heavy atom. The molecule has 1 saturated heterocycles. The first-order valence-corrected chi connectivity index (χ1v) is 7.59. The van der Waals surface area contributed by atoms with Crippen LogP contribution in [0.25, 0.3) is 5.57 Å². The van der Waals surface area contributed by atoms with Crippen molar-refractivity contribution in [2.24, 2.45) is 11.8 Å². The van der Waals surface area contributed by atoms with E-state index in [0.717, 1.165) is 29.5 Å². The smallest absolute Gasteiger partial charge is 0.352 e. The predicted molar refractivity (Wildman–Crippen MR) is 78.6 cm³/mol. The van der Waals surface area contributed by atoms with Gasteiger partial charge in [-0.1, -0.05) is 24.3 Å². The Morgan fingerprint density at radius 3 is 2.77 bits per heavy atom. The number of amides is 1. The summed E-state index contributed by atoms with van der Waals surface area (Å²) < 4.78 is 0. The number of hydrogen-bond donors (Lipinski definition) is 2. The normalized spacial score (nSPS) is 30.4. The molecule has 0 aromatic heterocycles. The molecule has 0 spiro atoms. The maximum atomic E-state index is 12.3. The van der Waals surface area contributed by atoms with Crippen molar-refractivity contribution in [2.75, 3.05) is 0 Å². The number of rotatable bonds is 2. The molecule has 3 aliphatic rings. The van der Waals surface area contributed by atoms with Crippen molar-refractivity contribution >= 4 is 17.4 Å². The molecule has 5 heteroatoms. The molecule has 0 saturated carbocycles. The van der Waals surface area contributed by atoms with Crippen molar-refractivity contribution < 1.29 is 19.8 Å². The van der Waals surface area contributed by atoms with Gasteiger partial charge in [0.2, 0.25) is 5.91 Å². The van der Waals surface area contributed by atoms with E-state index in [1.165, 1.54) is 4.90 Å². The van der Waals surface area contributed by atoms with Gasteiger partial charge in [-0.05, 0) is 36.5 Å². The van der Waals surface area contributed by atoms with E-state index in [9.17, 15) is 19.8 Å². The Morgan fingerprint density at radius 2 is 2.09 bits per heavy atom. The maximum Gasteiger partial charge on any atom is 0.352 e. The average Bonchev–Trinajstić information content (AvgIpc) is 2.78. The quantitative estimate of drug-likeness (QED) is 0.806. The summed E-state index contributed by atoms with van der Waals surface area (Å²) in [4.78, 5) is 25.5. The van der Waals surface area contributed by atoms with Crippen LogP contribution in [0.3, 0.4) is 0 Å². The van der Waals surface area contributed by atoms with Crippen LogP contribution in [0.15, 0.2) is 30.0 Å². The van der Waals surface area contributed by atoms with Crippen LogP contribution in [0.5, 0.6) is 0 Å². The molecule has 4 rings (SSSR count). The highest BCUT2D eigenvalue weighted by Crippen LogP contribution is 2.54. The number of β-lactam (4-membered cyclic amide) rings is 1. The van der Waals surface area contributed by atoms with Gasteiger partial charge in [0, 0.05) is 5.92 Å². The number of aliphatic hydroxyl groups excluding tert-OH is 1. The first-order valence-electron chi connectivity index (χ1n) is 7.59. The van der Waals surface area contributed by atoms with Crippen molar-refractivity contribution in [3.05, 3.63) is 41.1 Å². The van der Waals surface area contributed by atoms with E-state index < -0.39 is 18.0 Å². The Kier molecular flexibility index (Phi) is 2.72. The zero-order chi connectivity index (χ0) is 15.6. The summed E-state index contributed by atoms with van der Waals surface area (Å²) in [6, 6.07) is 7.60. The Balaban J connectivity index is 1.89. The van der Waals surface area contributed by atoms with E-state index in [1.807, 2.05) is 24.3 Å². The number of carbonyl (C=O) groups excluding carboxylic acids is 1. The molecule has 1 unspecified atom stereocenters. The molecule has 4 atom stereocenters. The van der Waals surface area contributed by atoms with Gasteiger partial charge in [0.1, 0.15) is 5.70 Å². The highest BCUT2D eigenvalue weighted by molar-refractivity contribution is 6.07. The van der Waals surface area contributed by atoms with Gasteiger partial charge in [-0.3, -0.25) is 4.79 Å². The molecule has 1 amide bonds. The minimum Gasteiger partial charge on any atom is -0.477 e. The van der Waals surface area contributed by atoms with E-state index >= 15 is 0 Å². The monoisotopic (exact) mass is 299 g/mol. The molecule has 1 aliphatic carbocycles. The van der Waals surface area contributed by atoms with Crippen LogP contribution in [-0.4, -0.2) is 39.1 Å². The lowest BCUT2D eigenvalue weighted by molar-refractivity contribution is -0.163. The Bertz CT molecular complexity index is 721. The average molecular weight is 299 g/mol. The van der Waals surface area contributed by atoms with Crippen LogP contribution in [0, 0.1) is 11.8 Å². The third-order valence-corrected chi connectivity index (χ3v) is 5.22. The molecule has 2 N–H and O–H groups in total. The van der Waals surface area contributed by atoms with Gasteiger partial charge in [-0.15, -0.1) is 0 Å². The molecule has 0 radical (unpaired) electrons. The second kappa shape index (κ2) is 4.43. The van der Waals surface area contributed by atoms with E-state index in [1.54, 1.807) is 6.92 Å². The van der Waals surface area contributed by atoms with Gasteiger partial charge in [-0.2, -0.15) is 0 Å². The molecule has 1 aromatic carbocycles. The Labute approximate surface area is 127 Å². The van der Waals surface area contributed by atoms with E-state index in [-0.39, 0.29) is 23.6 Å². The lowest BCUT2D eigenvalue weighted by atomic mass is 9.71. The fourth-order valence-corrected chi connectivity index (χ4v) is 4.36. The van der Waals surface area contributed by atoms with Crippen LogP contribution in [0.2, 0.25) is 0 Å². The predicted octanol–water partition coefficient (Wildman–Crippen LogP) is 1.27. The number of benzene rings is 1. The molecule has 5 nitrogen and oxygen atoms in total. The van der Waals surface area contributed by atoms with E-state index in [2.05, 4.69) is 0 Å². The van der Waals surface area contributed by atoms with Crippen LogP contribution in [0.4, 0.5) is 0 Å². The van der Waals surface area contributed by atoms with Gasteiger partial charge >= 0.3 is 5.97 Å². The minimum absolute atomic E-state index is 0.0123. The summed E-state index contributed by atoms with van der Waals surface area (Å²) in [6.45, 7) is 1.61. The topological polar surface area (TPSA) is 77.8 Å². The summed E-state index contributed by atoms with van der Waals surface area (Å²) in [5.74, 6) is -1.80. The number of aliphatic hydroxyl groups is 1. The van der Waals surface area contributed by atoms with Crippen LogP contribution >= 0.6 is 0 Å². The summed E-state index contributed by atoms with van der Waals surface area (Å²) in [5.41, 5.74) is 2.97. The number of carboxylic acids is 1. The lowest BCUT2D eigenvalue weighted by Gasteiger charge is -2.47. The molecule has 0 bridgehead atoms. The van der Waals surface area contributed by atoms with Gasteiger partial charge in [-0.25, -0.2) is 4.79 Å². The Hall–Kier alpha value is -2.14. The van der Waals surface area contributed by atoms with Crippen molar-refractivity contribution in [1.82, 2.24) is 4.90 Å². The lowest BCUT2D eigenvalue weighted by Crippen LogP contribution is -2.64. The highest BCUT2D eigenvalue weighted by atomic mass is 16.4. The van der Waals surface area contributed by atoms with E-state index in [0.29, 0.717) is 0 Å². The second-order valence-corrected chi connectivity index (χ2v) is 6.33. The minimum atomic E-state index is -1.06. The van der Waals surface area contributed by atoms with Gasteiger partial charge in [0.15, 0.2) is 0 Å². The molecular formula is C17H17NO4. The summed E-state index contributed by atoms with van der Waals surface area (Å²) >= 11 is 0. The first kappa shape index (κ1) is 13.5. The van der Waals surface area contributed by atoms with Gasteiger partial charge < -0.3 is 15.1 Å². The SMILES string of the molecule is C[C@@H](O)[C@H]1C(=O)N2C(C(=O)O)=C3c4ccccc4CC[C@@H]3C12. The van der Waals surface area contributed by atoms with Gasteiger partial charge in [0.25, 0.3) is 0 Å². The number of carboxylic acid groups (broad SMARTS) is 1.